The van der Waals surface area contributed by atoms with Crippen LogP contribution in [-0.2, 0) is 26.1 Å². The van der Waals surface area contributed by atoms with E-state index in [9.17, 15) is 0 Å². The van der Waals surface area contributed by atoms with Crippen molar-refractivity contribution in [1.82, 2.24) is 25.0 Å². The fraction of sp³-hybridized carbons (Fsp3) is 0.471. The standard InChI is InChI=1S/C17H24N6O.HI/c1-18-17(19-11-16-21-20-15-5-4-10-23(15)16)22(2)12-13-6-8-14(24-3)9-7-13;/h6-9H,4-5,10-12H2,1-3H3,(H,18,19);1H. The molecule has 25 heavy (non-hydrogen) atoms. The van der Waals surface area contributed by atoms with Gasteiger partial charge in [-0.25, -0.2) is 0 Å². The average Bonchev–Trinajstić information content (AvgIpc) is 3.20. The van der Waals surface area contributed by atoms with Crippen molar-refractivity contribution in [1.29, 1.82) is 0 Å². The maximum atomic E-state index is 5.19. The van der Waals surface area contributed by atoms with Gasteiger partial charge in [0.25, 0.3) is 0 Å². The van der Waals surface area contributed by atoms with Crippen LogP contribution in [0.25, 0.3) is 0 Å². The predicted octanol–water partition coefficient (Wildman–Crippen LogP) is 2.06. The first kappa shape index (κ1) is 19.5. The van der Waals surface area contributed by atoms with Crippen molar-refractivity contribution in [3.63, 3.8) is 0 Å². The smallest absolute Gasteiger partial charge is 0.194 e. The fourth-order valence-electron chi connectivity index (χ4n) is 2.96. The maximum Gasteiger partial charge on any atom is 0.194 e. The van der Waals surface area contributed by atoms with Gasteiger partial charge in [0, 0.05) is 33.6 Å². The molecule has 0 fully saturated rings. The van der Waals surface area contributed by atoms with Crippen molar-refractivity contribution in [3.8, 4) is 5.75 Å². The minimum atomic E-state index is 0. The summed E-state index contributed by atoms with van der Waals surface area (Å²) in [6.07, 6.45) is 2.18. The Balaban J connectivity index is 0.00000225. The second-order valence-electron chi connectivity index (χ2n) is 5.89. The van der Waals surface area contributed by atoms with Crippen LogP contribution in [0.15, 0.2) is 29.3 Å². The van der Waals surface area contributed by atoms with E-state index in [0.717, 1.165) is 49.3 Å². The van der Waals surface area contributed by atoms with E-state index in [1.807, 2.05) is 19.2 Å². The molecular formula is C17H25IN6O. The zero-order chi connectivity index (χ0) is 16.9. The van der Waals surface area contributed by atoms with Crippen LogP contribution in [0.3, 0.4) is 0 Å². The minimum absolute atomic E-state index is 0. The summed E-state index contributed by atoms with van der Waals surface area (Å²) < 4.78 is 7.39. The van der Waals surface area contributed by atoms with Gasteiger partial charge in [-0.15, -0.1) is 34.2 Å². The first-order chi connectivity index (χ1) is 11.7. The molecule has 136 valence electrons. The second-order valence-corrected chi connectivity index (χ2v) is 5.89. The van der Waals surface area contributed by atoms with Crippen LogP contribution in [0.4, 0.5) is 0 Å². The van der Waals surface area contributed by atoms with E-state index in [1.165, 1.54) is 5.56 Å². The Morgan fingerprint density at radius 1 is 1.32 bits per heavy atom. The Hall–Kier alpha value is -1.84. The van der Waals surface area contributed by atoms with Crippen molar-refractivity contribution in [2.45, 2.75) is 32.5 Å². The molecule has 1 N–H and O–H groups in total. The lowest BCUT2D eigenvalue weighted by Gasteiger charge is -2.22. The summed E-state index contributed by atoms with van der Waals surface area (Å²) >= 11 is 0. The Kier molecular flexibility index (Phi) is 7.03. The van der Waals surface area contributed by atoms with E-state index in [-0.39, 0.29) is 24.0 Å². The van der Waals surface area contributed by atoms with Gasteiger partial charge >= 0.3 is 0 Å². The number of aromatic nitrogens is 3. The number of methoxy groups -OCH3 is 1. The summed E-state index contributed by atoms with van der Waals surface area (Å²) in [5.41, 5.74) is 1.20. The Morgan fingerprint density at radius 3 is 2.76 bits per heavy atom. The summed E-state index contributed by atoms with van der Waals surface area (Å²) in [4.78, 5) is 6.45. The SMILES string of the molecule is CN=C(NCc1nnc2n1CCC2)N(C)Cc1ccc(OC)cc1.I. The second kappa shape index (κ2) is 9.02. The topological polar surface area (TPSA) is 67.6 Å². The number of nitrogens with one attached hydrogen (secondary N) is 1. The van der Waals surface area contributed by atoms with Crippen LogP contribution >= 0.6 is 24.0 Å². The fourth-order valence-corrected chi connectivity index (χ4v) is 2.96. The van der Waals surface area contributed by atoms with Gasteiger partial charge in [-0.05, 0) is 24.1 Å². The molecule has 0 unspecified atom stereocenters. The number of rotatable bonds is 5. The molecule has 2 aromatic rings. The molecule has 7 nitrogen and oxygen atoms in total. The quantitative estimate of drug-likeness (QED) is 0.424. The molecule has 0 atom stereocenters. The van der Waals surface area contributed by atoms with Gasteiger partial charge in [0.15, 0.2) is 11.8 Å². The van der Waals surface area contributed by atoms with E-state index >= 15 is 0 Å². The third kappa shape index (κ3) is 4.62. The number of guanidine groups is 1. The van der Waals surface area contributed by atoms with Crippen LogP contribution in [0.5, 0.6) is 5.75 Å². The molecule has 0 bridgehead atoms. The first-order valence-electron chi connectivity index (χ1n) is 8.17. The van der Waals surface area contributed by atoms with Gasteiger partial charge in [-0.1, -0.05) is 12.1 Å². The molecule has 1 aromatic heterocycles. The van der Waals surface area contributed by atoms with Gasteiger partial charge in [0.2, 0.25) is 0 Å². The van der Waals surface area contributed by atoms with Crippen molar-refractivity contribution in [2.24, 2.45) is 4.99 Å². The lowest BCUT2D eigenvalue weighted by Crippen LogP contribution is -2.38. The maximum absolute atomic E-state index is 5.19. The number of aryl methyl sites for hydroxylation is 1. The molecule has 0 radical (unpaired) electrons. The van der Waals surface area contributed by atoms with E-state index in [2.05, 4.69) is 42.1 Å². The largest absolute Gasteiger partial charge is 0.497 e. The van der Waals surface area contributed by atoms with Crippen molar-refractivity contribution in [2.75, 3.05) is 21.2 Å². The zero-order valence-electron chi connectivity index (χ0n) is 14.9. The molecule has 0 aliphatic carbocycles. The molecule has 1 aromatic carbocycles. The molecule has 1 aliphatic rings. The number of benzene rings is 1. The molecule has 0 spiro atoms. The van der Waals surface area contributed by atoms with Gasteiger partial charge in [0.1, 0.15) is 11.6 Å². The van der Waals surface area contributed by atoms with Gasteiger partial charge in [-0.2, -0.15) is 0 Å². The highest BCUT2D eigenvalue weighted by Crippen LogP contribution is 2.14. The predicted molar refractivity (Wildman–Crippen MR) is 108 cm³/mol. The molecule has 1 aliphatic heterocycles. The average molecular weight is 456 g/mol. The zero-order valence-corrected chi connectivity index (χ0v) is 17.2. The summed E-state index contributed by atoms with van der Waals surface area (Å²) in [5, 5.41) is 11.9. The third-order valence-corrected chi connectivity index (χ3v) is 4.24. The van der Waals surface area contributed by atoms with Crippen molar-refractivity contribution >= 4 is 29.9 Å². The van der Waals surface area contributed by atoms with Crippen LogP contribution in [0.1, 0.15) is 23.6 Å². The molecule has 3 rings (SSSR count). The Labute approximate surface area is 165 Å². The third-order valence-electron chi connectivity index (χ3n) is 4.24. The first-order valence-corrected chi connectivity index (χ1v) is 8.17. The summed E-state index contributed by atoms with van der Waals surface area (Å²) in [7, 11) is 5.49. The number of aliphatic imine (C=N–C) groups is 1. The number of halogens is 1. The van der Waals surface area contributed by atoms with E-state index in [0.29, 0.717) is 6.54 Å². The molecule has 0 amide bonds. The Bertz CT molecular complexity index is 712. The van der Waals surface area contributed by atoms with Crippen molar-refractivity contribution < 1.29 is 4.74 Å². The highest BCUT2D eigenvalue weighted by atomic mass is 127. The van der Waals surface area contributed by atoms with E-state index < -0.39 is 0 Å². The number of ether oxygens (including phenoxy) is 1. The molecule has 2 heterocycles. The Morgan fingerprint density at radius 2 is 2.08 bits per heavy atom. The highest BCUT2D eigenvalue weighted by Gasteiger charge is 2.17. The summed E-state index contributed by atoms with van der Waals surface area (Å²) in [6, 6.07) is 8.07. The van der Waals surface area contributed by atoms with Crippen LogP contribution in [0.2, 0.25) is 0 Å². The molecule has 0 saturated heterocycles. The normalized spacial score (nSPS) is 13.2. The highest BCUT2D eigenvalue weighted by molar-refractivity contribution is 14.0. The number of hydrogen-bond donors (Lipinski definition) is 1. The van der Waals surface area contributed by atoms with Crippen molar-refractivity contribution in [3.05, 3.63) is 41.5 Å². The monoisotopic (exact) mass is 456 g/mol. The van der Waals surface area contributed by atoms with E-state index in [1.54, 1.807) is 14.2 Å². The van der Waals surface area contributed by atoms with Gasteiger partial charge < -0.3 is 19.5 Å². The summed E-state index contributed by atoms with van der Waals surface area (Å²) in [6.45, 7) is 2.41. The number of fused-ring (bicyclic) bond motifs is 1. The molecule has 8 heteroatoms. The number of hydrogen-bond acceptors (Lipinski definition) is 4. The summed E-state index contributed by atoms with van der Waals surface area (Å²) in [5.74, 6) is 3.76. The molecule has 0 saturated carbocycles. The number of nitrogens with zero attached hydrogens (tertiary/aromatic N) is 5. The van der Waals surface area contributed by atoms with Gasteiger partial charge in [-0.3, -0.25) is 4.99 Å². The van der Waals surface area contributed by atoms with Crippen LogP contribution in [0, 0.1) is 0 Å². The van der Waals surface area contributed by atoms with Gasteiger partial charge in [0.05, 0.1) is 13.7 Å². The van der Waals surface area contributed by atoms with Crippen LogP contribution in [-0.4, -0.2) is 46.8 Å². The lowest BCUT2D eigenvalue weighted by atomic mass is 10.2. The van der Waals surface area contributed by atoms with Crippen LogP contribution < -0.4 is 10.1 Å². The van der Waals surface area contributed by atoms with E-state index in [4.69, 9.17) is 4.74 Å². The lowest BCUT2D eigenvalue weighted by molar-refractivity contribution is 0.414. The minimum Gasteiger partial charge on any atom is -0.497 e. The molecular weight excluding hydrogens is 431 g/mol.